The summed E-state index contributed by atoms with van der Waals surface area (Å²) >= 11 is 0. The standard InChI is InChI=1S/C12H25N5/c1-6-7-13-10(4)11(9(2)3)8-12-14-16-17(5)15-12/h9-11,13H,6-8H2,1-5H3. The predicted molar refractivity (Wildman–Crippen MR) is 68.6 cm³/mol. The van der Waals surface area contributed by atoms with Gasteiger partial charge in [0.25, 0.3) is 0 Å². The number of hydrogen-bond acceptors (Lipinski definition) is 4. The van der Waals surface area contributed by atoms with Crippen LogP contribution in [0.1, 0.15) is 39.9 Å². The van der Waals surface area contributed by atoms with E-state index in [1.807, 2.05) is 0 Å². The van der Waals surface area contributed by atoms with Crippen LogP contribution in [0.5, 0.6) is 0 Å². The van der Waals surface area contributed by atoms with Crippen LogP contribution in [0.4, 0.5) is 0 Å². The van der Waals surface area contributed by atoms with Crippen LogP contribution in [-0.4, -0.2) is 32.8 Å². The van der Waals surface area contributed by atoms with Gasteiger partial charge >= 0.3 is 0 Å². The van der Waals surface area contributed by atoms with Gasteiger partial charge in [0.15, 0.2) is 5.82 Å². The molecule has 1 aromatic heterocycles. The molecule has 0 saturated carbocycles. The SMILES string of the molecule is CCCNC(C)C(Cc1nnn(C)n1)C(C)C. The monoisotopic (exact) mass is 239 g/mol. The molecule has 0 aliphatic heterocycles. The molecular formula is C12H25N5. The summed E-state index contributed by atoms with van der Waals surface area (Å²) in [6.45, 7) is 10.0. The molecule has 0 spiro atoms. The highest BCUT2D eigenvalue weighted by Crippen LogP contribution is 2.19. The molecule has 0 amide bonds. The van der Waals surface area contributed by atoms with E-state index in [0.717, 1.165) is 18.8 Å². The molecule has 5 heteroatoms. The van der Waals surface area contributed by atoms with E-state index in [-0.39, 0.29) is 0 Å². The lowest BCUT2D eigenvalue weighted by Crippen LogP contribution is -2.38. The van der Waals surface area contributed by atoms with Crippen LogP contribution >= 0.6 is 0 Å². The maximum absolute atomic E-state index is 4.26. The van der Waals surface area contributed by atoms with Gasteiger partial charge in [0.1, 0.15) is 0 Å². The summed E-state index contributed by atoms with van der Waals surface area (Å²) in [5.74, 6) is 2.00. The summed E-state index contributed by atoms with van der Waals surface area (Å²) in [5, 5.41) is 15.8. The third-order valence-electron chi connectivity index (χ3n) is 3.18. The van der Waals surface area contributed by atoms with Crippen molar-refractivity contribution in [2.75, 3.05) is 6.54 Å². The minimum atomic E-state index is 0.485. The largest absolute Gasteiger partial charge is 0.314 e. The maximum Gasteiger partial charge on any atom is 0.175 e. The van der Waals surface area contributed by atoms with E-state index < -0.39 is 0 Å². The molecule has 0 aliphatic rings. The van der Waals surface area contributed by atoms with Gasteiger partial charge in [0, 0.05) is 12.5 Å². The van der Waals surface area contributed by atoms with Gasteiger partial charge in [-0.1, -0.05) is 20.8 Å². The van der Waals surface area contributed by atoms with Gasteiger partial charge < -0.3 is 5.32 Å². The Bertz CT molecular complexity index is 320. The van der Waals surface area contributed by atoms with Crippen molar-refractivity contribution in [2.24, 2.45) is 18.9 Å². The van der Waals surface area contributed by atoms with Crippen molar-refractivity contribution < 1.29 is 0 Å². The third-order valence-corrected chi connectivity index (χ3v) is 3.18. The molecule has 17 heavy (non-hydrogen) atoms. The molecule has 1 aromatic rings. The third kappa shape index (κ3) is 4.42. The Morgan fingerprint density at radius 3 is 2.47 bits per heavy atom. The van der Waals surface area contributed by atoms with Gasteiger partial charge in [-0.05, 0) is 36.9 Å². The molecule has 98 valence electrons. The second-order valence-electron chi connectivity index (χ2n) is 5.05. The fourth-order valence-corrected chi connectivity index (χ4v) is 2.13. The van der Waals surface area contributed by atoms with Crippen molar-refractivity contribution in [3.8, 4) is 0 Å². The fourth-order valence-electron chi connectivity index (χ4n) is 2.13. The zero-order valence-electron chi connectivity index (χ0n) is 11.6. The first-order valence-corrected chi connectivity index (χ1v) is 6.50. The number of nitrogens with one attached hydrogen (secondary N) is 1. The zero-order valence-corrected chi connectivity index (χ0v) is 11.6. The average Bonchev–Trinajstić information content (AvgIpc) is 2.68. The summed E-state index contributed by atoms with van der Waals surface area (Å²) < 4.78 is 0. The summed E-state index contributed by atoms with van der Waals surface area (Å²) in [6, 6.07) is 0.485. The first-order valence-electron chi connectivity index (χ1n) is 6.50. The highest BCUT2D eigenvalue weighted by Gasteiger charge is 2.22. The van der Waals surface area contributed by atoms with E-state index in [0.29, 0.717) is 17.9 Å². The molecule has 0 bridgehead atoms. The van der Waals surface area contributed by atoms with Crippen molar-refractivity contribution in [3.63, 3.8) is 0 Å². The van der Waals surface area contributed by atoms with E-state index in [2.05, 4.69) is 48.4 Å². The van der Waals surface area contributed by atoms with E-state index in [4.69, 9.17) is 0 Å². The van der Waals surface area contributed by atoms with Crippen molar-refractivity contribution in [3.05, 3.63) is 5.82 Å². The van der Waals surface area contributed by atoms with Gasteiger partial charge in [0.05, 0.1) is 7.05 Å². The van der Waals surface area contributed by atoms with Crippen LogP contribution in [0.3, 0.4) is 0 Å². The predicted octanol–water partition coefficient (Wildman–Crippen LogP) is 1.41. The van der Waals surface area contributed by atoms with Crippen molar-refractivity contribution >= 4 is 0 Å². The molecule has 0 fully saturated rings. The van der Waals surface area contributed by atoms with Gasteiger partial charge in [0.2, 0.25) is 0 Å². The Morgan fingerprint density at radius 2 is 2.00 bits per heavy atom. The lowest BCUT2D eigenvalue weighted by molar-refractivity contribution is 0.284. The second kappa shape index (κ2) is 6.69. The molecule has 2 atom stereocenters. The van der Waals surface area contributed by atoms with Crippen LogP contribution in [-0.2, 0) is 13.5 Å². The lowest BCUT2D eigenvalue weighted by atomic mass is 9.86. The Kier molecular flexibility index (Phi) is 5.55. The van der Waals surface area contributed by atoms with Crippen LogP contribution < -0.4 is 5.32 Å². The number of aromatic nitrogens is 4. The minimum Gasteiger partial charge on any atom is -0.314 e. The number of nitrogens with zero attached hydrogens (tertiary/aromatic N) is 4. The van der Waals surface area contributed by atoms with Crippen LogP contribution in [0.25, 0.3) is 0 Å². The summed E-state index contributed by atoms with van der Waals surface area (Å²) in [7, 11) is 1.81. The van der Waals surface area contributed by atoms with Gasteiger partial charge in [-0.15, -0.1) is 10.2 Å². The van der Waals surface area contributed by atoms with E-state index in [1.54, 1.807) is 7.05 Å². The van der Waals surface area contributed by atoms with Crippen LogP contribution in [0, 0.1) is 11.8 Å². The normalized spacial score (nSPS) is 15.2. The Hall–Kier alpha value is -0.970. The average molecular weight is 239 g/mol. The number of rotatable bonds is 7. The van der Waals surface area contributed by atoms with Gasteiger partial charge in [-0.25, -0.2) is 0 Å². The number of tetrazole rings is 1. The molecule has 1 rings (SSSR count). The zero-order chi connectivity index (χ0) is 12.8. The second-order valence-corrected chi connectivity index (χ2v) is 5.05. The molecule has 0 aliphatic carbocycles. The first-order chi connectivity index (χ1) is 8.04. The Balaban J connectivity index is 2.59. The molecule has 2 unspecified atom stereocenters. The first kappa shape index (κ1) is 14.1. The van der Waals surface area contributed by atoms with Crippen LogP contribution in [0.15, 0.2) is 0 Å². The van der Waals surface area contributed by atoms with Crippen molar-refractivity contribution in [1.29, 1.82) is 0 Å². The summed E-state index contributed by atoms with van der Waals surface area (Å²) in [6.07, 6.45) is 2.06. The van der Waals surface area contributed by atoms with Crippen molar-refractivity contribution in [2.45, 2.75) is 46.6 Å². The maximum atomic E-state index is 4.26. The van der Waals surface area contributed by atoms with Gasteiger partial charge in [-0.3, -0.25) is 0 Å². The molecule has 5 nitrogen and oxygen atoms in total. The Labute approximate surface area is 104 Å². The molecule has 1 heterocycles. The smallest absolute Gasteiger partial charge is 0.175 e. The number of hydrogen-bond donors (Lipinski definition) is 1. The number of aryl methyl sites for hydroxylation is 1. The van der Waals surface area contributed by atoms with E-state index >= 15 is 0 Å². The molecular weight excluding hydrogens is 214 g/mol. The molecule has 0 radical (unpaired) electrons. The molecule has 1 N–H and O–H groups in total. The topological polar surface area (TPSA) is 55.6 Å². The summed E-state index contributed by atoms with van der Waals surface area (Å²) in [5.41, 5.74) is 0. The Morgan fingerprint density at radius 1 is 1.29 bits per heavy atom. The minimum absolute atomic E-state index is 0.485. The quantitative estimate of drug-likeness (QED) is 0.781. The lowest BCUT2D eigenvalue weighted by Gasteiger charge is -2.27. The highest BCUT2D eigenvalue weighted by atomic mass is 15.6. The van der Waals surface area contributed by atoms with Crippen LogP contribution in [0.2, 0.25) is 0 Å². The van der Waals surface area contributed by atoms with E-state index in [9.17, 15) is 0 Å². The molecule has 0 aromatic carbocycles. The fraction of sp³-hybridized carbons (Fsp3) is 0.917. The van der Waals surface area contributed by atoms with Gasteiger partial charge in [-0.2, -0.15) is 4.80 Å². The molecule has 0 saturated heterocycles. The van der Waals surface area contributed by atoms with Crippen molar-refractivity contribution in [1.82, 2.24) is 25.5 Å². The van der Waals surface area contributed by atoms with E-state index in [1.165, 1.54) is 11.2 Å². The summed E-state index contributed by atoms with van der Waals surface area (Å²) in [4.78, 5) is 1.52. The highest BCUT2D eigenvalue weighted by molar-refractivity contribution is 4.86.